The fourth-order valence-electron chi connectivity index (χ4n) is 1.96. The molecule has 2 aromatic rings. The number of hydrogen-bond acceptors (Lipinski definition) is 4. The number of nitrogens with zero attached hydrogens (tertiary/aromatic N) is 1. The fraction of sp³-hybridized carbons (Fsp3) is 0. The molecule has 0 bridgehead atoms. The maximum atomic E-state index is 12.1. The SMILES string of the molecule is O=Cc1ccc(ON2C(=O)c3ccccc3C2=O)cc1. The molecule has 0 radical (unpaired) electrons. The van der Waals surface area contributed by atoms with Crippen molar-refractivity contribution in [2.24, 2.45) is 0 Å². The van der Waals surface area contributed by atoms with Gasteiger partial charge < -0.3 is 4.84 Å². The van der Waals surface area contributed by atoms with Crippen LogP contribution in [0.5, 0.6) is 5.75 Å². The number of rotatable bonds is 3. The van der Waals surface area contributed by atoms with Crippen molar-refractivity contribution in [3.05, 3.63) is 65.2 Å². The van der Waals surface area contributed by atoms with Crippen LogP contribution in [0.3, 0.4) is 0 Å². The first-order valence-corrected chi connectivity index (χ1v) is 5.92. The van der Waals surface area contributed by atoms with Crippen molar-refractivity contribution in [2.45, 2.75) is 0 Å². The average Bonchev–Trinajstić information content (AvgIpc) is 2.74. The van der Waals surface area contributed by atoms with Crippen LogP contribution in [0, 0.1) is 0 Å². The molecule has 3 rings (SSSR count). The summed E-state index contributed by atoms with van der Waals surface area (Å²) in [4.78, 5) is 40.0. The first kappa shape index (κ1) is 12.1. The highest BCUT2D eigenvalue weighted by Crippen LogP contribution is 2.24. The number of aldehydes is 1. The zero-order chi connectivity index (χ0) is 14.1. The quantitative estimate of drug-likeness (QED) is 0.631. The van der Waals surface area contributed by atoms with E-state index >= 15 is 0 Å². The van der Waals surface area contributed by atoms with E-state index in [4.69, 9.17) is 4.84 Å². The van der Waals surface area contributed by atoms with Crippen molar-refractivity contribution < 1.29 is 19.2 Å². The van der Waals surface area contributed by atoms with Crippen LogP contribution in [-0.2, 0) is 0 Å². The number of hydroxylamine groups is 2. The topological polar surface area (TPSA) is 63.7 Å². The van der Waals surface area contributed by atoms with Gasteiger partial charge in [-0.15, -0.1) is 0 Å². The maximum absolute atomic E-state index is 12.1. The first-order valence-electron chi connectivity index (χ1n) is 5.92. The standard InChI is InChI=1S/C15H9NO4/c17-9-10-5-7-11(8-6-10)20-16-14(18)12-3-1-2-4-13(12)15(16)19/h1-9H. The third kappa shape index (κ3) is 1.85. The summed E-state index contributed by atoms with van der Waals surface area (Å²) in [6, 6.07) is 12.7. The van der Waals surface area contributed by atoms with Gasteiger partial charge in [0.15, 0.2) is 5.75 Å². The summed E-state index contributed by atoms with van der Waals surface area (Å²) >= 11 is 0. The van der Waals surface area contributed by atoms with Crippen molar-refractivity contribution in [3.63, 3.8) is 0 Å². The molecule has 0 aliphatic carbocycles. The fourth-order valence-corrected chi connectivity index (χ4v) is 1.96. The summed E-state index contributed by atoms with van der Waals surface area (Å²) in [6.45, 7) is 0. The normalized spacial score (nSPS) is 13.3. The number of carbonyl (C=O) groups excluding carboxylic acids is 3. The molecule has 0 aromatic heterocycles. The molecular formula is C15H9NO4. The summed E-state index contributed by atoms with van der Waals surface area (Å²) in [6.07, 6.45) is 0.700. The summed E-state index contributed by atoms with van der Waals surface area (Å²) in [5.41, 5.74) is 1.13. The highest BCUT2D eigenvalue weighted by atomic mass is 16.7. The largest absolute Gasteiger partial charge is 0.368 e. The highest BCUT2D eigenvalue weighted by Gasteiger charge is 2.37. The molecule has 98 valence electrons. The van der Waals surface area contributed by atoms with Gasteiger partial charge in [-0.25, -0.2) is 0 Å². The van der Waals surface area contributed by atoms with Crippen molar-refractivity contribution >= 4 is 18.1 Å². The van der Waals surface area contributed by atoms with E-state index < -0.39 is 11.8 Å². The first-order chi connectivity index (χ1) is 9.70. The lowest BCUT2D eigenvalue weighted by Gasteiger charge is -2.14. The monoisotopic (exact) mass is 267 g/mol. The highest BCUT2D eigenvalue weighted by molar-refractivity contribution is 6.20. The number of benzene rings is 2. The molecular weight excluding hydrogens is 258 g/mol. The van der Waals surface area contributed by atoms with E-state index in [1.807, 2.05) is 0 Å². The van der Waals surface area contributed by atoms with E-state index in [0.717, 1.165) is 5.06 Å². The van der Waals surface area contributed by atoms with Gasteiger partial charge in [-0.2, -0.15) is 0 Å². The smallest absolute Gasteiger partial charge is 0.295 e. The lowest BCUT2D eigenvalue weighted by Crippen LogP contribution is -2.33. The van der Waals surface area contributed by atoms with E-state index in [0.29, 0.717) is 28.7 Å². The minimum absolute atomic E-state index is 0.310. The van der Waals surface area contributed by atoms with Crippen LogP contribution < -0.4 is 4.84 Å². The van der Waals surface area contributed by atoms with Gasteiger partial charge in [0.1, 0.15) is 6.29 Å². The second kappa shape index (κ2) is 4.62. The average molecular weight is 267 g/mol. The van der Waals surface area contributed by atoms with Crippen LogP contribution in [0.1, 0.15) is 31.1 Å². The predicted molar refractivity (Wildman–Crippen MR) is 69.4 cm³/mol. The zero-order valence-electron chi connectivity index (χ0n) is 10.3. The van der Waals surface area contributed by atoms with E-state index in [-0.39, 0.29) is 0 Å². The Morgan fingerprint density at radius 2 is 1.40 bits per heavy atom. The molecule has 2 aromatic carbocycles. The molecule has 5 nitrogen and oxygen atoms in total. The number of carbonyl (C=O) groups is 3. The Labute approximate surface area is 114 Å². The second-order valence-corrected chi connectivity index (χ2v) is 4.23. The van der Waals surface area contributed by atoms with Gasteiger partial charge in [0.05, 0.1) is 11.1 Å². The Bertz CT molecular complexity index is 671. The minimum Gasteiger partial charge on any atom is -0.368 e. The van der Waals surface area contributed by atoms with Crippen LogP contribution in [0.25, 0.3) is 0 Å². The van der Waals surface area contributed by atoms with Crippen molar-refractivity contribution in [1.29, 1.82) is 0 Å². The Morgan fingerprint density at radius 3 is 1.90 bits per heavy atom. The third-order valence-electron chi connectivity index (χ3n) is 2.97. The van der Waals surface area contributed by atoms with Crippen LogP contribution in [0.2, 0.25) is 0 Å². The molecule has 20 heavy (non-hydrogen) atoms. The molecule has 0 saturated heterocycles. The van der Waals surface area contributed by atoms with Gasteiger partial charge in [0, 0.05) is 5.56 Å². The lowest BCUT2D eigenvalue weighted by atomic mass is 10.1. The molecule has 0 N–H and O–H groups in total. The molecule has 2 amide bonds. The maximum Gasteiger partial charge on any atom is 0.295 e. The number of hydrogen-bond donors (Lipinski definition) is 0. The minimum atomic E-state index is -0.495. The Morgan fingerprint density at radius 1 is 0.850 bits per heavy atom. The van der Waals surface area contributed by atoms with E-state index in [9.17, 15) is 14.4 Å². The molecule has 0 saturated carbocycles. The number of fused-ring (bicyclic) bond motifs is 1. The van der Waals surface area contributed by atoms with Gasteiger partial charge in [0.25, 0.3) is 11.8 Å². The van der Waals surface area contributed by atoms with Gasteiger partial charge in [0.2, 0.25) is 0 Å². The second-order valence-electron chi connectivity index (χ2n) is 4.23. The molecule has 0 spiro atoms. The lowest BCUT2D eigenvalue weighted by molar-refractivity contribution is -0.0141. The van der Waals surface area contributed by atoms with Crippen molar-refractivity contribution in [2.75, 3.05) is 0 Å². The predicted octanol–water partition coefficient (Wildman–Crippen LogP) is 2.09. The summed E-state index contributed by atoms with van der Waals surface area (Å²) in [5.74, 6) is -0.680. The Kier molecular flexibility index (Phi) is 2.80. The van der Waals surface area contributed by atoms with Crippen molar-refractivity contribution in [1.82, 2.24) is 5.06 Å². The van der Waals surface area contributed by atoms with Crippen LogP contribution in [0.15, 0.2) is 48.5 Å². The van der Waals surface area contributed by atoms with Gasteiger partial charge in [-0.3, -0.25) is 14.4 Å². The summed E-state index contributed by atoms with van der Waals surface area (Å²) < 4.78 is 0. The van der Waals surface area contributed by atoms with Gasteiger partial charge in [-0.1, -0.05) is 17.2 Å². The van der Waals surface area contributed by atoms with Crippen LogP contribution >= 0.6 is 0 Å². The van der Waals surface area contributed by atoms with E-state index in [1.54, 1.807) is 36.4 Å². The molecule has 1 aliphatic heterocycles. The zero-order valence-corrected chi connectivity index (χ0v) is 10.3. The molecule has 0 atom stereocenters. The van der Waals surface area contributed by atoms with Crippen LogP contribution in [0.4, 0.5) is 0 Å². The van der Waals surface area contributed by atoms with E-state index in [2.05, 4.69) is 0 Å². The molecule has 5 heteroatoms. The van der Waals surface area contributed by atoms with E-state index in [1.165, 1.54) is 12.1 Å². The number of imide groups is 1. The third-order valence-corrected chi connectivity index (χ3v) is 2.97. The van der Waals surface area contributed by atoms with Gasteiger partial charge >= 0.3 is 0 Å². The van der Waals surface area contributed by atoms with Gasteiger partial charge in [-0.05, 0) is 36.4 Å². The molecule has 0 unspecified atom stereocenters. The summed E-state index contributed by atoms with van der Waals surface area (Å²) in [7, 11) is 0. The Hall–Kier alpha value is -2.95. The summed E-state index contributed by atoms with van der Waals surface area (Å²) in [5, 5.41) is 0.723. The molecule has 1 heterocycles. The molecule has 0 fully saturated rings. The Balaban J connectivity index is 1.87. The number of amides is 2. The van der Waals surface area contributed by atoms with Crippen molar-refractivity contribution in [3.8, 4) is 5.75 Å². The van der Waals surface area contributed by atoms with Crippen LogP contribution in [-0.4, -0.2) is 23.2 Å². The molecule has 1 aliphatic rings.